The minimum atomic E-state index is -1.95. The topological polar surface area (TPSA) is 44.8 Å². The van der Waals surface area contributed by atoms with Crippen LogP contribution in [0.2, 0.25) is 18.1 Å². The molecule has 4 nitrogen and oxygen atoms in total. The maximum atomic E-state index is 12.5. The summed E-state index contributed by atoms with van der Waals surface area (Å²) in [6, 6.07) is 10.4. The first-order valence-corrected chi connectivity index (χ1v) is 10.6. The molecule has 124 valence electrons. The Morgan fingerprint density at radius 1 is 1.09 bits per heavy atom. The molecule has 1 aromatic rings. The highest BCUT2D eigenvalue weighted by Crippen LogP contribution is 2.34. The molecule has 0 N–H and O–H groups in total. The van der Waals surface area contributed by atoms with Crippen molar-refractivity contribution in [1.82, 2.24) is 0 Å². The number of esters is 1. The quantitative estimate of drug-likeness (QED) is 0.501. The van der Waals surface area contributed by atoms with Crippen molar-refractivity contribution in [1.29, 1.82) is 0 Å². The number of ether oxygens (including phenoxy) is 2. The summed E-state index contributed by atoms with van der Waals surface area (Å²) in [4.78, 5) is 12.5. The molecule has 5 heteroatoms. The molecule has 0 aromatic heterocycles. The van der Waals surface area contributed by atoms with Gasteiger partial charge in [0.25, 0.3) is 0 Å². The number of benzene rings is 1. The first-order chi connectivity index (χ1) is 10.6. The summed E-state index contributed by atoms with van der Waals surface area (Å²) >= 11 is 0. The lowest BCUT2D eigenvalue weighted by Gasteiger charge is -2.32. The molecular formula is C17H28O4Si. The fraction of sp³-hybridized carbons (Fsp3) is 0.588. The van der Waals surface area contributed by atoms with Gasteiger partial charge in [-0.15, -0.1) is 0 Å². The van der Waals surface area contributed by atoms with E-state index in [-0.39, 0.29) is 5.97 Å². The van der Waals surface area contributed by atoms with Crippen LogP contribution in [-0.4, -0.2) is 28.0 Å². The van der Waals surface area contributed by atoms with Gasteiger partial charge in [0.15, 0.2) is 14.4 Å². The van der Waals surface area contributed by atoms with Gasteiger partial charge in [0.1, 0.15) is 5.75 Å². The number of carbonyl (C=O) groups is 1. The normalized spacial score (nSPS) is 12.8. The minimum Gasteiger partial charge on any atom is -0.496 e. The predicted octanol–water partition coefficient (Wildman–Crippen LogP) is 4.32. The van der Waals surface area contributed by atoms with Gasteiger partial charge in [-0.3, -0.25) is 0 Å². The van der Waals surface area contributed by atoms with E-state index in [4.69, 9.17) is 13.9 Å². The van der Waals surface area contributed by atoms with Crippen LogP contribution in [0.25, 0.3) is 0 Å². The number of para-hydroxylation sites is 1. The molecule has 1 atom stereocenters. The highest BCUT2D eigenvalue weighted by molar-refractivity contribution is 6.73. The Hall–Kier alpha value is -1.33. The average Bonchev–Trinajstić information content (AvgIpc) is 2.57. The van der Waals surface area contributed by atoms with Crippen LogP contribution in [0.15, 0.2) is 24.3 Å². The molecule has 0 heterocycles. The van der Waals surface area contributed by atoms with E-state index >= 15 is 0 Å². The second-order valence-corrected chi connectivity index (χ2v) is 9.96. The third-order valence-electron chi connectivity index (χ3n) is 4.22. The SMILES string of the molecule is CCOC(=O)C(O[Si](CC)(CC)CC)c1ccccc1OC. The van der Waals surface area contributed by atoms with Crippen LogP contribution in [0.4, 0.5) is 0 Å². The summed E-state index contributed by atoms with van der Waals surface area (Å²) in [5.41, 5.74) is 0.746. The second-order valence-electron chi connectivity index (χ2n) is 5.24. The van der Waals surface area contributed by atoms with Crippen molar-refractivity contribution < 1.29 is 18.7 Å². The third-order valence-corrected chi connectivity index (χ3v) is 8.82. The predicted molar refractivity (Wildman–Crippen MR) is 90.7 cm³/mol. The molecule has 1 aromatic carbocycles. The van der Waals surface area contributed by atoms with E-state index < -0.39 is 14.4 Å². The largest absolute Gasteiger partial charge is 0.496 e. The average molecular weight is 324 g/mol. The Labute approximate surface area is 134 Å². The first-order valence-electron chi connectivity index (χ1n) is 8.04. The van der Waals surface area contributed by atoms with Crippen molar-refractivity contribution in [3.05, 3.63) is 29.8 Å². The van der Waals surface area contributed by atoms with E-state index in [1.165, 1.54) is 0 Å². The molecule has 1 unspecified atom stereocenters. The van der Waals surface area contributed by atoms with Crippen molar-refractivity contribution in [3.8, 4) is 5.75 Å². The molecule has 0 bridgehead atoms. The Balaban J connectivity index is 3.21. The number of carbonyl (C=O) groups excluding carboxylic acids is 1. The fourth-order valence-electron chi connectivity index (χ4n) is 2.59. The lowest BCUT2D eigenvalue weighted by Crippen LogP contribution is -2.39. The van der Waals surface area contributed by atoms with Crippen LogP contribution >= 0.6 is 0 Å². The van der Waals surface area contributed by atoms with Crippen molar-refractivity contribution in [2.24, 2.45) is 0 Å². The lowest BCUT2D eigenvalue weighted by atomic mass is 10.1. The maximum Gasteiger partial charge on any atom is 0.338 e. The van der Waals surface area contributed by atoms with Crippen LogP contribution in [0.3, 0.4) is 0 Å². The number of methoxy groups -OCH3 is 1. The van der Waals surface area contributed by atoms with E-state index in [1.54, 1.807) is 14.0 Å². The minimum absolute atomic E-state index is 0.334. The zero-order chi connectivity index (χ0) is 16.6. The number of hydrogen-bond donors (Lipinski definition) is 0. The molecule has 0 aliphatic heterocycles. The zero-order valence-electron chi connectivity index (χ0n) is 14.3. The summed E-state index contributed by atoms with van der Waals surface area (Å²) in [6.07, 6.45) is -0.706. The van der Waals surface area contributed by atoms with E-state index in [9.17, 15) is 4.79 Å². The van der Waals surface area contributed by atoms with Gasteiger partial charge in [-0.05, 0) is 31.1 Å². The second kappa shape index (κ2) is 8.95. The first kappa shape index (κ1) is 18.7. The van der Waals surface area contributed by atoms with E-state index in [1.807, 2.05) is 24.3 Å². The summed E-state index contributed by atoms with van der Waals surface area (Å²) in [7, 11) is -0.345. The number of rotatable bonds is 9. The van der Waals surface area contributed by atoms with Gasteiger partial charge in [0.05, 0.1) is 13.7 Å². The Morgan fingerprint density at radius 2 is 1.68 bits per heavy atom. The van der Waals surface area contributed by atoms with E-state index in [0.29, 0.717) is 12.4 Å². The highest BCUT2D eigenvalue weighted by Gasteiger charge is 2.37. The standard InChI is InChI=1S/C17H28O4Si/c1-6-20-17(18)16(21-22(7-2,8-3)9-4)14-12-10-11-13-15(14)19-5/h10-13,16H,6-9H2,1-5H3. The molecule has 0 fully saturated rings. The molecule has 22 heavy (non-hydrogen) atoms. The molecule has 0 radical (unpaired) electrons. The van der Waals surface area contributed by atoms with Gasteiger partial charge in [0, 0.05) is 5.56 Å². The van der Waals surface area contributed by atoms with Crippen LogP contribution in [0.1, 0.15) is 39.4 Å². The van der Waals surface area contributed by atoms with Crippen LogP contribution < -0.4 is 4.74 Å². The Morgan fingerprint density at radius 3 is 2.18 bits per heavy atom. The summed E-state index contributed by atoms with van der Waals surface area (Å²) in [6.45, 7) is 8.57. The highest BCUT2D eigenvalue weighted by atomic mass is 28.4. The molecule has 0 amide bonds. The van der Waals surface area contributed by atoms with E-state index in [2.05, 4.69) is 20.8 Å². The van der Waals surface area contributed by atoms with Gasteiger partial charge in [-0.2, -0.15) is 0 Å². The third kappa shape index (κ3) is 4.33. The summed E-state index contributed by atoms with van der Waals surface area (Å²) in [5, 5.41) is 0. The van der Waals surface area contributed by atoms with Gasteiger partial charge in [0.2, 0.25) is 0 Å². The van der Waals surface area contributed by atoms with Crippen LogP contribution in [0, 0.1) is 0 Å². The molecule has 0 aliphatic carbocycles. The van der Waals surface area contributed by atoms with Gasteiger partial charge in [-0.25, -0.2) is 4.79 Å². The smallest absolute Gasteiger partial charge is 0.338 e. The Kier molecular flexibility index (Phi) is 7.62. The van der Waals surface area contributed by atoms with Crippen molar-refractivity contribution in [2.45, 2.75) is 51.9 Å². The summed E-state index contributed by atoms with van der Waals surface area (Å²) < 4.78 is 17.1. The molecule has 0 saturated carbocycles. The van der Waals surface area contributed by atoms with E-state index in [0.717, 1.165) is 23.7 Å². The molecular weight excluding hydrogens is 296 g/mol. The lowest BCUT2D eigenvalue weighted by molar-refractivity contribution is -0.152. The molecule has 0 saturated heterocycles. The van der Waals surface area contributed by atoms with Gasteiger partial charge in [-0.1, -0.05) is 39.0 Å². The zero-order valence-corrected chi connectivity index (χ0v) is 15.3. The summed E-state index contributed by atoms with van der Waals surface area (Å²) in [5.74, 6) is 0.325. The fourth-order valence-corrected chi connectivity index (χ4v) is 5.31. The molecule has 1 rings (SSSR count). The Bertz CT molecular complexity index is 463. The van der Waals surface area contributed by atoms with Crippen LogP contribution in [-0.2, 0) is 14.0 Å². The number of hydrogen-bond acceptors (Lipinski definition) is 4. The van der Waals surface area contributed by atoms with Crippen molar-refractivity contribution >= 4 is 14.3 Å². The van der Waals surface area contributed by atoms with Crippen molar-refractivity contribution in [2.75, 3.05) is 13.7 Å². The van der Waals surface area contributed by atoms with Crippen molar-refractivity contribution in [3.63, 3.8) is 0 Å². The van der Waals surface area contributed by atoms with Gasteiger partial charge < -0.3 is 13.9 Å². The molecule has 0 aliphatic rings. The van der Waals surface area contributed by atoms with Crippen LogP contribution in [0.5, 0.6) is 5.75 Å². The maximum absolute atomic E-state index is 12.5. The molecule has 0 spiro atoms. The monoisotopic (exact) mass is 324 g/mol. The van der Waals surface area contributed by atoms with Gasteiger partial charge >= 0.3 is 5.97 Å².